The van der Waals surface area contributed by atoms with Crippen LogP contribution in [0.25, 0.3) is 15.9 Å². The van der Waals surface area contributed by atoms with Gasteiger partial charge in [0.25, 0.3) is 0 Å². The zero-order valence-electron chi connectivity index (χ0n) is 21.0. The van der Waals surface area contributed by atoms with Gasteiger partial charge >= 0.3 is 0 Å². The number of thiazole rings is 1. The van der Waals surface area contributed by atoms with Gasteiger partial charge in [0.15, 0.2) is 0 Å². The van der Waals surface area contributed by atoms with Crippen LogP contribution in [0.3, 0.4) is 0 Å². The van der Waals surface area contributed by atoms with Crippen molar-refractivity contribution in [2.75, 3.05) is 45.8 Å². The van der Waals surface area contributed by atoms with E-state index in [1.54, 1.807) is 12.5 Å². The number of aliphatic imine (C=N–C) groups is 1. The largest absolute Gasteiger partial charge is 0.349 e. The van der Waals surface area contributed by atoms with E-state index in [0.717, 1.165) is 67.2 Å². The van der Waals surface area contributed by atoms with Crippen LogP contribution in [-0.4, -0.2) is 71.9 Å². The van der Waals surface area contributed by atoms with Gasteiger partial charge in [0, 0.05) is 44.6 Å². The third-order valence-corrected chi connectivity index (χ3v) is 7.08. The lowest BCUT2D eigenvalue weighted by molar-refractivity contribution is 0.138. The summed E-state index contributed by atoms with van der Waals surface area (Å²) in [5.74, 6) is 0. The zero-order valence-corrected chi connectivity index (χ0v) is 21.8. The van der Waals surface area contributed by atoms with Gasteiger partial charge in [-0.3, -0.25) is 4.99 Å². The first-order valence-corrected chi connectivity index (χ1v) is 12.9. The number of allylic oxidation sites excluding steroid dienone is 4. The van der Waals surface area contributed by atoms with Crippen LogP contribution in [-0.2, 0) is 0 Å². The smallest absolute Gasteiger partial charge is 0.143 e. The number of likely N-dealkylation sites (N-methyl/N-ethyl adjacent to an activating group) is 1. The molecule has 0 bridgehead atoms. The molecule has 0 aliphatic carbocycles. The number of nitrogens with zero attached hydrogens (tertiary/aromatic N) is 6. The van der Waals surface area contributed by atoms with Crippen molar-refractivity contribution in [3.63, 3.8) is 0 Å². The van der Waals surface area contributed by atoms with Crippen molar-refractivity contribution in [3.8, 4) is 6.07 Å². The fraction of sp³-hybridized carbons (Fsp3) is 0.407. The molecule has 0 spiro atoms. The standard InChI is InChI=1S/C27H35N7S/c1-5-23(10-9-21(3)11-13-34-16-14-33(6-2)15-17-34)19-29-20-31-22(4)24(18-28)26-32-25-8-7-12-30-27(25)35-26/h5,7-10,12,20H,3,6,11,13-17,19H2,1-2,4H3,(H,29,31)/b10-9?,23-5?,24-22+. The average Bonchev–Trinajstić information content (AvgIpc) is 3.31. The Labute approximate surface area is 212 Å². The Bertz CT molecular complexity index is 1120. The van der Waals surface area contributed by atoms with Crippen LogP contribution in [0.2, 0.25) is 0 Å². The van der Waals surface area contributed by atoms with Gasteiger partial charge in [-0.25, -0.2) is 9.97 Å². The highest BCUT2D eigenvalue weighted by Crippen LogP contribution is 2.26. The van der Waals surface area contributed by atoms with E-state index in [0.29, 0.717) is 22.8 Å². The Morgan fingerprint density at radius 2 is 2.06 bits per heavy atom. The van der Waals surface area contributed by atoms with Crippen LogP contribution < -0.4 is 5.32 Å². The molecule has 0 radical (unpaired) electrons. The Hall–Kier alpha value is -3.12. The highest BCUT2D eigenvalue weighted by molar-refractivity contribution is 7.19. The second kappa shape index (κ2) is 13.7. The molecule has 2 aromatic heterocycles. The molecule has 1 N–H and O–H groups in total. The molecule has 0 unspecified atom stereocenters. The average molecular weight is 490 g/mol. The van der Waals surface area contributed by atoms with Crippen molar-refractivity contribution < 1.29 is 0 Å². The predicted molar refractivity (Wildman–Crippen MR) is 147 cm³/mol. The number of aromatic nitrogens is 2. The van der Waals surface area contributed by atoms with Gasteiger partial charge in [0.1, 0.15) is 27.0 Å². The van der Waals surface area contributed by atoms with Gasteiger partial charge in [-0.05, 0) is 44.5 Å². The minimum absolute atomic E-state index is 0.498. The second-order valence-corrected chi connectivity index (χ2v) is 9.43. The molecule has 35 heavy (non-hydrogen) atoms. The summed E-state index contributed by atoms with van der Waals surface area (Å²) >= 11 is 1.41. The number of fused-ring (bicyclic) bond motifs is 1. The summed E-state index contributed by atoms with van der Waals surface area (Å²) in [6.45, 7) is 17.7. The second-order valence-electron chi connectivity index (χ2n) is 8.45. The molecule has 0 amide bonds. The molecule has 3 heterocycles. The minimum atomic E-state index is 0.498. The molecule has 0 atom stereocenters. The summed E-state index contributed by atoms with van der Waals surface area (Å²) in [6.07, 6.45) is 10.6. The summed E-state index contributed by atoms with van der Waals surface area (Å²) in [5, 5.41) is 13.4. The van der Waals surface area contributed by atoms with Gasteiger partial charge in [0.05, 0.1) is 12.9 Å². The van der Waals surface area contributed by atoms with E-state index in [-0.39, 0.29) is 0 Å². The predicted octanol–water partition coefficient (Wildman–Crippen LogP) is 4.65. The molecule has 0 aromatic carbocycles. The Morgan fingerprint density at radius 3 is 2.74 bits per heavy atom. The zero-order chi connectivity index (χ0) is 25.0. The molecule has 1 aliphatic heterocycles. The van der Waals surface area contributed by atoms with Gasteiger partial charge < -0.3 is 15.1 Å². The maximum absolute atomic E-state index is 9.65. The first kappa shape index (κ1) is 26.5. The highest BCUT2D eigenvalue weighted by atomic mass is 32.1. The summed E-state index contributed by atoms with van der Waals surface area (Å²) < 4.78 is 0. The van der Waals surface area contributed by atoms with Gasteiger partial charge in [0.2, 0.25) is 0 Å². The summed E-state index contributed by atoms with van der Waals surface area (Å²) in [6, 6.07) is 5.99. The molecule has 8 heteroatoms. The van der Waals surface area contributed by atoms with Crippen molar-refractivity contribution in [2.24, 2.45) is 4.99 Å². The molecule has 1 aliphatic rings. The molecule has 0 saturated carbocycles. The summed E-state index contributed by atoms with van der Waals surface area (Å²) in [7, 11) is 0. The lowest BCUT2D eigenvalue weighted by atomic mass is 10.1. The van der Waals surface area contributed by atoms with Gasteiger partial charge in [-0.1, -0.05) is 48.6 Å². The van der Waals surface area contributed by atoms with Crippen LogP contribution in [0.15, 0.2) is 65.0 Å². The lowest BCUT2D eigenvalue weighted by Crippen LogP contribution is -2.46. The van der Waals surface area contributed by atoms with E-state index in [1.807, 2.05) is 26.0 Å². The SMILES string of the molecule is C=C(C=CC(=CC)CN=CN/C(C)=C(\C#N)c1nc2cccnc2s1)CCN1CCN(CC)CC1. The minimum Gasteiger partial charge on any atom is -0.349 e. The summed E-state index contributed by atoms with van der Waals surface area (Å²) in [5.41, 5.74) is 4.25. The van der Waals surface area contributed by atoms with Crippen molar-refractivity contribution in [1.82, 2.24) is 25.1 Å². The van der Waals surface area contributed by atoms with Gasteiger partial charge in [-0.2, -0.15) is 5.26 Å². The maximum atomic E-state index is 9.65. The number of hydrogen-bond donors (Lipinski definition) is 1. The van der Waals surface area contributed by atoms with E-state index in [4.69, 9.17) is 0 Å². The topological polar surface area (TPSA) is 80.4 Å². The summed E-state index contributed by atoms with van der Waals surface area (Å²) in [4.78, 5) is 19.2. The van der Waals surface area contributed by atoms with Crippen molar-refractivity contribution in [2.45, 2.75) is 27.2 Å². The number of nitriles is 1. The van der Waals surface area contributed by atoms with E-state index in [2.05, 4.69) is 67.9 Å². The number of rotatable bonds is 11. The molecular weight excluding hydrogens is 454 g/mol. The van der Waals surface area contributed by atoms with Crippen LogP contribution in [0, 0.1) is 11.3 Å². The van der Waals surface area contributed by atoms with Crippen molar-refractivity contribution in [3.05, 3.63) is 65.0 Å². The number of pyridine rings is 1. The van der Waals surface area contributed by atoms with E-state index >= 15 is 0 Å². The number of nitrogens with one attached hydrogen (secondary N) is 1. The maximum Gasteiger partial charge on any atom is 0.143 e. The molecule has 1 saturated heterocycles. The van der Waals surface area contributed by atoms with Crippen molar-refractivity contribution >= 4 is 33.6 Å². The third-order valence-electron chi connectivity index (χ3n) is 6.08. The first-order chi connectivity index (χ1) is 17.0. The molecule has 2 aromatic rings. The highest BCUT2D eigenvalue weighted by Gasteiger charge is 2.15. The fourth-order valence-electron chi connectivity index (χ4n) is 3.71. The monoisotopic (exact) mass is 489 g/mol. The Morgan fingerprint density at radius 1 is 1.29 bits per heavy atom. The molecule has 3 rings (SSSR count). The van der Waals surface area contributed by atoms with E-state index in [9.17, 15) is 5.26 Å². The van der Waals surface area contributed by atoms with Crippen LogP contribution in [0.4, 0.5) is 0 Å². The van der Waals surface area contributed by atoms with E-state index in [1.165, 1.54) is 11.3 Å². The molecular formula is C27H35N7S. The molecule has 184 valence electrons. The quantitative estimate of drug-likeness (QED) is 0.214. The Kier molecular flexibility index (Phi) is 10.4. The number of piperazine rings is 1. The first-order valence-electron chi connectivity index (χ1n) is 12.1. The lowest BCUT2D eigenvalue weighted by Gasteiger charge is -2.34. The fourth-order valence-corrected chi connectivity index (χ4v) is 4.67. The molecule has 1 fully saturated rings. The van der Waals surface area contributed by atoms with E-state index < -0.39 is 0 Å². The normalized spacial score (nSPS) is 16.7. The number of hydrogen-bond acceptors (Lipinski definition) is 7. The van der Waals surface area contributed by atoms with Crippen LogP contribution >= 0.6 is 11.3 Å². The van der Waals surface area contributed by atoms with Crippen LogP contribution in [0.5, 0.6) is 0 Å². The van der Waals surface area contributed by atoms with Gasteiger partial charge in [-0.15, -0.1) is 0 Å². The molecule has 7 nitrogen and oxygen atoms in total. The van der Waals surface area contributed by atoms with Crippen LogP contribution in [0.1, 0.15) is 32.2 Å². The third kappa shape index (κ3) is 7.96. The Balaban J connectivity index is 1.47. The van der Waals surface area contributed by atoms with Crippen molar-refractivity contribution in [1.29, 1.82) is 5.26 Å².